The van der Waals surface area contributed by atoms with Gasteiger partial charge in [-0.05, 0) is 30.1 Å². The lowest BCUT2D eigenvalue weighted by Crippen LogP contribution is -2.28. The van der Waals surface area contributed by atoms with Crippen LogP contribution in [0.25, 0.3) is 0 Å². The molecule has 4 unspecified atom stereocenters. The largest absolute Gasteiger partial charge is 0.0654 e. The van der Waals surface area contributed by atoms with Gasteiger partial charge in [0.05, 0.1) is 0 Å². The van der Waals surface area contributed by atoms with Gasteiger partial charge in [-0.2, -0.15) is 0 Å². The lowest BCUT2D eigenvalue weighted by molar-refractivity contribution is 0.127. The van der Waals surface area contributed by atoms with Crippen molar-refractivity contribution in [1.82, 2.24) is 0 Å². The van der Waals surface area contributed by atoms with Crippen LogP contribution in [-0.4, -0.2) is 0 Å². The fourth-order valence-electron chi connectivity index (χ4n) is 3.79. The maximum absolute atomic E-state index is 2.51. The summed E-state index contributed by atoms with van der Waals surface area (Å²) in [4.78, 5) is 0. The molecule has 1 saturated carbocycles. The van der Waals surface area contributed by atoms with E-state index >= 15 is 0 Å². The van der Waals surface area contributed by atoms with Crippen molar-refractivity contribution in [3.63, 3.8) is 0 Å². The zero-order valence-corrected chi connectivity index (χ0v) is 12.7. The van der Waals surface area contributed by atoms with E-state index in [1.165, 1.54) is 57.8 Å². The monoisotopic (exact) mass is 238 g/mol. The fraction of sp³-hybridized carbons (Fsp3) is 1.00. The lowest BCUT2D eigenvalue weighted by Gasteiger charge is -2.38. The minimum atomic E-state index is 0.987. The summed E-state index contributed by atoms with van der Waals surface area (Å²) in [5.74, 6) is 4.03. The van der Waals surface area contributed by atoms with Crippen molar-refractivity contribution in [1.29, 1.82) is 0 Å². The highest BCUT2D eigenvalue weighted by atomic mass is 14.4. The highest BCUT2D eigenvalue weighted by molar-refractivity contribution is 4.81. The summed E-state index contributed by atoms with van der Waals surface area (Å²) in [6, 6.07) is 0. The molecule has 0 aromatic carbocycles. The Morgan fingerprint density at radius 3 is 2.41 bits per heavy atom. The van der Waals surface area contributed by atoms with Crippen LogP contribution in [0.4, 0.5) is 0 Å². The molecule has 1 fully saturated rings. The molecule has 0 aromatic rings. The predicted molar refractivity (Wildman–Crippen MR) is 78.2 cm³/mol. The first-order chi connectivity index (χ1) is 8.19. The SMILES string of the molecule is CCCCCCC(CC)C1CC(C)CCC1C. The lowest BCUT2D eigenvalue weighted by atomic mass is 9.68. The van der Waals surface area contributed by atoms with Gasteiger partial charge in [-0.1, -0.05) is 79.1 Å². The minimum absolute atomic E-state index is 0.987. The topological polar surface area (TPSA) is 0 Å². The van der Waals surface area contributed by atoms with E-state index in [0.29, 0.717) is 0 Å². The molecule has 1 rings (SSSR count). The van der Waals surface area contributed by atoms with E-state index in [0.717, 1.165) is 23.7 Å². The average Bonchev–Trinajstić information content (AvgIpc) is 2.33. The first-order valence-corrected chi connectivity index (χ1v) is 8.19. The van der Waals surface area contributed by atoms with E-state index in [-0.39, 0.29) is 0 Å². The molecular formula is C17H34. The molecule has 0 heteroatoms. The van der Waals surface area contributed by atoms with Crippen LogP contribution in [0.3, 0.4) is 0 Å². The minimum Gasteiger partial charge on any atom is -0.0654 e. The van der Waals surface area contributed by atoms with Gasteiger partial charge in [-0.15, -0.1) is 0 Å². The third-order valence-electron chi connectivity index (χ3n) is 5.08. The third kappa shape index (κ3) is 5.02. The summed E-state index contributed by atoms with van der Waals surface area (Å²) in [6.45, 7) is 9.69. The first kappa shape index (κ1) is 15.1. The Morgan fingerprint density at radius 2 is 1.76 bits per heavy atom. The molecule has 0 N–H and O–H groups in total. The number of hydrogen-bond acceptors (Lipinski definition) is 0. The molecule has 1 aliphatic rings. The molecule has 1 aliphatic carbocycles. The van der Waals surface area contributed by atoms with Crippen LogP contribution in [0.1, 0.15) is 85.5 Å². The van der Waals surface area contributed by atoms with Crippen LogP contribution >= 0.6 is 0 Å². The summed E-state index contributed by atoms with van der Waals surface area (Å²) in [6.07, 6.45) is 13.1. The molecule has 0 aromatic heterocycles. The standard InChI is InChI=1S/C17H34/c1-5-7-8-9-10-16(6-2)17-13-14(3)11-12-15(17)4/h14-17H,5-13H2,1-4H3. The van der Waals surface area contributed by atoms with Crippen LogP contribution < -0.4 is 0 Å². The van der Waals surface area contributed by atoms with Gasteiger partial charge in [0.2, 0.25) is 0 Å². The summed E-state index contributed by atoms with van der Waals surface area (Å²) >= 11 is 0. The molecule has 0 spiro atoms. The molecule has 0 heterocycles. The summed E-state index contributed by atoms with van der Waals surface area (Å²) < 4.78 is 0. The molecule has 102 valence electrons. The zero-order valence-electron chi connectivity index (χ0n) is 12.7. The third-order valence-corrected chi connectivity index (χ3v) is 5.08. The van der Waals surface area contributed by atoms with E-state index in [2.05, 4.69) is 27.7 Å². The van der Waals surface area contributed by atoms with Crippen molar-refractivity contribution >= 4 is 0 Å². The first-order valence-electron chi connectivity index (χ1n) is 8.19. The van der Waals surface area contributed by atoms with Gasteiger partial charge in [0.25, 0.3) is 0 Å². The smallest absolute Gasteiger partial charge is 0.0358 e. The van der Waals surface area contributed by atoms with E-state index in [1.54, 1.807) is 0 Å². The van der Waals surface area contributed by atoms with E-state index < -0.39 is 0 Å². The Bertz CT molecular complexity index is 184. The van der Waals surface area contributed by atoms with Gasteiger partial charge in [0.1, 0.15) is 0 Å². The van der Waals surface area contributed by atoms with Crippen LogP contribution in [0, 0.1) is 23.7 Å². The Morgan fingerprint density at radius 1 is 1.00 bits per heavy atom. The quantitative estimate of drug-likeness (QED) is 0.473. The van der Waals surface area contributed by atoms with E-state index in [9.17, 15) is 0 Å². The molecule has 0 saturated heterocycles. The molecular weight excluding hydrogens is 204 g/mol. The van der Waals surface area contributed by atoms with Gasteiger partial charge in [0.15, 0.2) is 0 Å². The molecule has 0 aliphatic heterocycles. The maximum Gasteiger partial charge on any atom is -0.0358 e. The molecule has 0 bridgehead atoms. The molecule has 0 amide bonds. The second-order valence-corrected chi connectivity index (χ2v) is 6.58. The van der Waals surface area contributed by atoms with Gasteiger partial charge in [0, 0.05) is 0 Å². The Labute approximate surface area is 110 Å². The van der Waals surface area contributed by atoms with Gasteiger partial charge < -0.3 is 0 Å². The molecule has 0 nitrogen and oxygen atoms in total. The average molecular weight is 238 g/mol. The predicted octanol–water partition coefficient (Wildman–Crippen LogP) is 6.06. The van der Waals surface area contributed by atoms with Crippen molar-refractivity contribution < 1.29 is 0 Å². The summed E-state index contributed by atoms with van der Waals surface area (Å²) in [5.41, 5.74) is 0. The van der Waals surface area contributed by atoms with Crippen molar-refractivity contribution in [2.45, 2.75) is 85.5 Å². The Hall–Kier alpha value is 0. The zero-order chi connectivity index (χ0) is 12.7. The summed E-state index contributed by atoms with van der Waals surface area (Å²) in [7, 11) is 0. The van der Waals surface area contributed by atoms with E-state index in [1.807, 2.05) is 0 Å². The highest BCUT2D eigenvalue weighted by Crippen LogP contribution is 2.40. The maximum atomic E-state index is 2.51. The number of hydrogen-bond donors (Lipinski definition) is 0. The van der Waals surface area contributed by atoms with Crippen molar-refractivity contribution in [3.05, 3.63) is 0 Å². The summed E-state index contributed by atoms with van der Waals surface area (Å²) in [5, 5.41) is 0. The van der Waals surface area contributed by atoms with Crippen LogP contribution in [0.2, 0.25) is 0 Å². The normalized spacial score (nSPS) is 31.4. The highest BCUT2D eigenvalue weighted by Gasteiger charge is 2.30. The Kier molecular flexibility index (Phi) is 7.23. The van der Waals surface area contributed by atoms with Crippen LogP contribution in [0.15, 0.2) is 0 Å². The molecule has 4 atom stereocenters. The molecule has 17 heavy (non-hydrogen) atoms. The Balaban J connectivity index is 2.36. The van der Waals surface area contributed by atoms with Gasteiger partial charge in [-0.3, -0.25) is 0 Å². The van der Waals surface area contributed by atoms with Gasteiger partial charge >= 0.3 is 0 Å². The van der Waals surface area contributed by atoms with Crippen LogP contribution in [-0.2, 0) is 0 Å². The van der Waals surface area contributed by atoms with Gasteiger partial charge in [-0.25, -0.2) is 0 Å². The number of rotatable bonds is 7. The van der Waals surface area contributed by atoms with Crippen molar-refractivity contribution in [2.75, 3.05) is 0 Å². The molecule has 0 radical (unpaired) electrons. The fourth-order valence-corrected chi connectivity index (χ4v) is 3.79. The second kappa shape index (κ2) is 8.16. The van der Waals surface area contributed by atoms with E-state index in [4.69, 9.17) is 0 Å². The second-order valence-electron chi connectivity index (χ2n) is 6.58. The van der Waals surface area contributed by atoms with Crippen LogP contribution in [0.5, 0.6) is 0 Å². The van der Waals surface area contributed by atoms with Crippen molar-refractivity contribution in [2.24, 2.45) is 23.7 Å². The van der Waals surface area contributed by atoms with Crippen molar-refractivity contribution in [3.8, 4) is 0 Å². The number of unbranched alkanes of at least 4 members (excludes halogenated alkanes) is 3.